The van der Waals surface area contributed by atoms with E-state index in [1.54, 1.807) is 21.8 Å². The Morgan fingerprint density at radius 2 is 1.91 bits per heavy atom. The highest BCUT2D eigenvalue weighted by Crippen LogP contribution is 2.37. The van der Waals surface area contributed by atoms with Gasteiger partial charge in [-0.25, -0.2) is 14.4 Å². The molecule has 5 rings (SSSR count). The van der Waals surface area contributed by atoms with Gasteiger partial charge >= 0.3 is 0 Å². The van der Waals surface area contributed by atoms with E-state index in [4.69, 9.17) is 9.78 Å². The van der Waals surface area contributed by atoms with Gasteiger partial charge in [-0.3, -0.25) is 4.79 Å². The highest BCUT2D eigenvalue weighted by molar-refractivity contribution is 7.21. The van der Waals surface area contributed by atoms with E-state index in [-0.39, 0.29) is 23.3 Å². The highest BCUT2D eigenvalue weighted by Gasteiger charge is 2.32. The smallest absolute Gasteiger partial charge is 0.204 e. The van der Waals surface area contributed by atoms with Crippen molar-refractivity contribution in [3.8, 4) is 10.4 Å². The fourth-order valence-corrected chi connectivity index (χ4v) is 5.65. The van der Waals surface area contributed by atoms with Gasteiger partial charge in [0.1, 0.15) is 4.83 Å². The predicted octanol–water partition coefficient (Wildman–Crippen LogP) is 5.09. The van der Waals surface area contributed by atoms with Crippen molar-refractivity contribution in [2.45, 2.75) is 52.1 Å². The van der Waals surface area contributed by atoms with Crippen molar-refractivity contribution in [2.75, 3.05) is 0 Å². The lowest BCUT2D eigenvalue weighted by Gasteiger charge is -2.41. The fraction of sp³-hybridized carbons (Fsp3) is 0.320. The summed E-state index contributed by atoms with van der Waals surface area (Å²) in [6, 6.07) is 7.88. The molecule has 0 fully saturated rings. The molecule has 0 spiro atoms. The lowest BCUT2D eigenvalue weighted by Crippen LogP contribution is -2.53. The minimum atomic E-state index is -0.309. The number of nitrogens with zero attached hydrogens (tertiary/aromatic N) is 3. The Bertz CT molecular complexity index is 1380. The Morgan fingerprint density at radius 3 is 2.61 bits per heavy atom. The standard InChI is InChI=1S/C24H25FN4S.CH3NO/c1-14-12-29-13-16(8-18(25)21(29)26-14)20-9-15-6-7-19(27-22(15)30-20)17-10-23(2,3)28-24(4,5)11-17;2-1-3/h6-10,12-13,28H,11H2,1-5H3;1H,(H2,2,3). The Morgan fingerprint density at radius 1 is 1.18 bits per heavy atom. The molecular weight excluding hydrogens is 437 g/mol. The minimum absolute atomic E-state index is 0.0146. The number of imidazole rings is 1. The molecule has 1 aliphatic rings. The average Bonchev–Trinajstić information content (AvgIpc) is 3.28. The summed E-state index contributed by atoms with van der Waals surface area (Å²) in [6.45, 7) is 10.7. The first-order valence-electron chi connectivity index (χ1n) is 10.7. The number of hydrogen-bond donors (Lipinski definition) is 2. The predicted molar refractivity (Wildman–Crippen MR) is 133 cm³/mol. The number of thiophene rings is 1. The van der Waals surface area contributed by atoms with Gasteiger partial charge < -0.3 is 15.5 Å². The molecule has 33 heavy (non-hydrogen) atoms. The molecule has 1 amide bonds. The quantitative estimate of drug-likeness (QED) is 0.404. The first-order chi connectivity index (χ1) is 15.5. The molecule has 5 heterocycles. The number of hydrogen-bond acceptors (Lipinski definition) is 5. The SMILES string of the molecule is Cc1cn2cc(-c3cc4ccc(C5=CC(C)(C)NC(C)(C)C5)nc4s3)cc(F)c2n1.NC=O. The molecule has 0 radical (unpaired) electrons. The third kappa shape index (κ3) is 4.82. The number of aryl methyl sites for hydroxylation is 1. The summed E-state index contributed by atoms with van der Waals surface area (Å²) < 4.78 is 16.3. The van der Waals surface area contributed by atoms with Crippen LogP contribution in [0.25, 0.3) is 31.9 Å². The Hall–Kier alpha value is -3.10. The monoisotopic (exact) mass is 465 g/mol. The van der Waals surface area contributed by atoms with Gasteiger partial charge in [-0.05, 0) is 70.9 Å². The van der Waals surface area contributed by atoms with Crippen LogP contribution in [0, 0.1) is 12.7 Å². The van der Waals surface area contributed by atoms with Crippen molar-refractivity contribution >= 4 is 39.2 Å². The molecule has 0 aromatic carbocycles. The van der Waals surface area contributed by atoms with Crippen molar-refractivity contribution < 1.29 is 9.18 Å². The van der Waals surface area contributed by atoms with Crippen LogP contribution in [0.1, 0.15) is 45.5 Å². The number of carbonyl (C=O) groups is 1. The molecule has 4 aromatic rings. The van der Waals surface area contributed by atoms with Crippen LogP contribution in [0.4, 0.5) is 4.39 Å². The number of halogens is 1. The van der Waals surface area contributed by atoms with Crippen LogP contribution in [0.2, 0.25) is 0 Å². The Labute approximate surface area is 196 Å². The molecule has 6 nitrogen and oxygen atoms in total. The van der Waals surface area contributed by atoms with E-state index in [0.29, 0.717) is 5.65 Å². The van der Waals surface area contributed by atoms with Gasteiger partial charge in [-0.1, -0.05) is 6.08 Å². The third-order valence-corrected chi connectivity index (χ3v) is 6.55. The first kappa shape index (κ1) is 23.1. The van der Waals surface area contributed by atoms with Crippen LogP contribution in [0.3, 0.4) is 0 Å². The van der Waals surface area contributed by atoms with Gasteiger partial charge in [0.25, 0.3) is 0 Å². The number of nitrogens with one attached hydrogen (secondary N) is 1. The fourth-order valence-electron chi connectivity index (χ4n) is 4.63. The van der Waals surface area contributed by atoms with Crippen LogP contribution in [0.5, 0.6) is 0 Å². The van der Waals surface area contributed by atoms with Gasteiger partial charge in [0.05, 0.1) is 11.4 Å². The molecule has 3 N–H and O–H groups in total. The van der Waals surface area contributed by atoms with Crippen LogP contribution in [-0.4, -0.2) is 31.9 Å². The maximum absolute atomic E-state index is 14.5. The number of rotatable bonds is 2. The molecule has 0 atom stereocenters. The zero-order chi connectivity index (χ0) is 24.0. The summed E-state index contributed by atoms with van der Waals surface area (Å²) in [7, 11) is 0. The molecular formula is C25H28FN5OS. The van der Waals surface area contributed by atoms with Crippen LogP contribution < -0.4 is 11.1 Å². The van der Waals surface area contributed by atoms with Crippen LogP contribution in [-0.2, 0) is 4.79 Å². The van der Waals surface area contributed by atoms with Crippen molar-refractivity contribution in [3.63, 3.8) is 0 Å². The van der Waals surface area contributed by atoms with Gasteiger partial charge in [-0.15, -0.1) is 11.3 Å². The Kier molecular flexibility index (Phi) is 5.84. The number of aromatic nitrogens is 3. The maximum atomic E-state index is 14.5. The van der Waals surface area contributed by atoms with E-state index >= 15 is 0 Å². The maximum Gasteiger partial charge on any atom is 0.204 e. The van der Waals surface area contributed by atoms with Gasteiger partial charge in [0.15, 0.2) is 11.5 Å². The minimum Gasteiger partial charge on any atom is -0.372 e. The van der Waals surface area contributed by atoms with E-state index in [0.717, 1.165) is 38.5 Å². The summed E-state index contributed by atoms with van der Waals surface area (Å²) in [6.07, 6.45) is 7.24. The van der Waals surface area contributed by atoms with Gasteiger partial charge in [0, 0.05) is 39.3 Å². The molecule has 0 saturated heterocycles. The highest BCUT2D eigenvalue weighted by atomic mass is 32.1. The molecule has 8 heteroatoms. The number of primary amides is 1. The topological polar surface area (TPSA) is 85.3 Å². The second-order valence-electron chi connectivity index (χ2n) is 9.60. The lowest BCUT2D eigenvalue weighted by molar-refractivity contribution is -0.106. The molecule has 0 unspecified atom stereocenters. The van der Waals surface area contributed by atoms with E-state index in [9.17, 15) is 4.39 Å². The number of pyridine rings is 2. The summed E-state index contributed by atoms with van der Waals surface area (Å²) in [5.41, 5.74) is 8.39. The molecule has 0 saturated carbocycles. The average molecular weight is 466 g/mol. The second kappa shape index (κ2) is 8.35. The second-order valence-corrected chi connectivity index (χ2v) is 10.6. The number of fused-ring (bicyclic) bond motifs is 2. The first-order valence-corrected chi connectivity index (χ1v) is 11.5. The zero-order valence-corrected chi connectivity index (χ0v) is 20.3. The molecule has 172 valence electrons. The largest absolute Gasteiger partial charge is 0.372 e. The van der Waals surface area contributed by atoms with Crippen molar-refractivity contribution in [1.29, 1.82) is 0 Å². The number of amides is 1. The van der Waals surface area contributed by atoms with E-state index in [1.165, 1.54) is 5.57 Å². The molecule has 4 aromatic heterocycles. The molecule has 0 bridgehead atoms. The normalized spacial score (nSPS) is 16.8. The van der Waals surface area contributed by atoms with E-state index < -0.39 is 0 Å². The van der Waals surface area contributed by atoms with Crippen molar-refractivity contribution in [2.24, 2.45) is 5.73 Å². The third-order valence-electron chi connectivity index (χ3n) is 5.45. The van der Waals surface area contributed by atoms with Crippen molar-refractivity contribution in [1.82, 2.24) is 19.7 Å². The summed E-state index contributed by atoms with van der Waals surface area (Å²) in [5.74, 6) is -0.309. The van der Waals surface area contributed by atoms with Gasteiger partial charge in [-0.2, -0.15) is 0 Å². The number of nitrogens with two attached hydrogens (primary N) is 1. The van der Waals surface area contributed by atoms with E-state index in [2.05, 4.69) is 68.0 Å². The lowest BCUT2D eigenvalue weighted by atomic mass is 9.82. The molecule has 0 aliphatic carbocycles. The zero-order valence-electron chi connectivity index (χ0n) is 19.4. The Balaban J connectivity index is 0.000000821. The summed E-state index contributed by atoms with van der Waals surface area (Å²) >= 11 is 1.60. The summed E-state index contributed by atoms with van der Waals surface area (Å²) in [4.78, 5) is 19.8. The molecule has 1 aliphatic heterocycles. The van der Waals surface area contributed by atoms with Crippen LogP contribution >= 0.6 is 11.3 Å². The number of carbonyl (C=O) groups excluding carboxylic acids is 1. The van der Waals surface area contributed by atoms with Crippen LogP contribution in [0.15, 0.2) is 42.7 Å². The van der Waals surface area contributed by atoms with E-state index in [1.807, 2.05) is 19.3 Å². The summed E-state index contributed by atoms with van der Waals surface area (Å²) in [5, 5.41) is 4.75. The van der Waals surface area contributed by atoms with Gasteiger partial charge in [0.2, 0.25) is 6.41 Å². The van der Waals surface area contributed by atoms with Crippen molar-refractivity contribution in [3.05, 3.63) is 59.9 Å².